The molecule has 0 fully saturated rings. The van der Waals surface area contributed by atoms with Gasteiger partial charge in [-0.15, -0.1) is 0 Å². The Hall–Kier alpha value is -2.94. The van der Waals surface area contributed by atoms with Crippen LogP contribution < -0.4 is 11.2 Å². The van der Waals surface area contributed by atoms with Gasteiger partial charge in [-0.1, -0.05) is 29.8 Å². The lowest BCUT2D eigenvalue weighted by molar-refractivity contribution is 0.691. The highest BCUT2D eigenvalue weighted by Gasteiger charge is 2.22. The molecule has 4 rings (SSSR count). The van der Waals surface area contributed by atoms with E-state index in [0.717, 1.165) is 21.4 Å². The summed E-state index contributed by atoms with van der Waals surface area (Å²) in [6.07, 6.45) is 0. The number of hydrogen-bond acceptors (Lipinski definition) is 4. The second-order valence-electron chi connectivity index (χ2n) is 6.89. The first kappa shape index (κ1) is 18.4. The van der Waals surface area contributed by atoms with Gasteiger partial charge in [-0.3, -0.25) is 18.5 Å². The number of aromatic nitrogens is 6. The highest BCUT2D eigenvalue weighted by atomic mass is 79.9. The van der Waals surface area contributed by atoms with Crippen LogP contribution in [0.2, 0.25) is 0 Å². The summed E-state index contributed by atoms with van der Waals surface area (Å²) >= 11 is 3.39. The Morgan fingerprint density at radius 2 is 1.82 bits per heavy atom. The van der Waals surface area contributed by atoms with E-state index in [-0.39, 0.29) is 5.56 Å². The van der Waals surface area contributed by atoms with Crippen LogP contribution in [0.4, 0.5) is 0 Å². The normalized spacial score (nSPS) is 11.5. The fraction of sp³-hybridized carbons (Fsp3) is 0.263. The third kappa shape index (κ3) is 2.82. The summed E-state index contributed by atoms with van der Waals surface area (Å²) in [5.74, 6) is 0.484. The molecule has 3 heterocycles. The molecule has 1 aromatic carbocycles. The maximum Gasteiger partial charge on any atom is 0.332 e. The van der Waals surface area contributed by atoms with Gasteiger partial charge in [0.25, 0.3) is 5.56 Å². The Balaban J connectivity index is 2.09. The zero-order chi connectivity index (χ0) is 20.2. The fourth-order valence-corrected chi connectivity index (χ4v) is 3.87. The SMILES string of the molecule is Cc1cccc(Cn2c(-n3nc(Br)cc3C)nc3c2c(=O)n(C)c(=O)n3C)c1. The average molecular weight is 443 g/mol. The van der Waals surface area contributed by atoms with Crippen LogP contribution in [0.1, 0.15) is 16.8 Å². The van der Waals surface area contributed by atoms with Gasteiger partial charge in [-0.25, -0.2) is 9.48 Å². The Bertz CT molecular complexity index is 1340. The lowest BCUT2D eigenvalue weighted by atomic mass is 10.1. The van der Waals surface area contributed by atoms with E-state index in [0.29, 0.717) is 28.3 Å². The highest BCUT2D eigenvalue weighted by molar-refractivity contribution is 9.10. The molecule has 9 heteroatoms. The molecule has 0 N–H and O–H groups in total. The lowest BCUT2D eigenvalue weighted by Gasteiger charge is -2.11. The Morgan fingerprint density at radius 3 is 2.46 bits per heavy atom. The van der Waals surface area contributed by atoms with E-state index in [1.165, 1.54) is 11.6 Å². The Kier molecular flexibility index (Phi) is 4.34. The third-order valence-corrected chi connectivity index (χ3v) is 5.19. The minimum absolute atomic E-state index is 0.335. The summed E-state index contributed by atoms with van der Waals surface area (Å²) in [7, 11) is 3.09. The summed E-state index contributed by atoms with van der Waals surface area (Å²) in [6, 6.07) is 9.93. The Labute approximate surface area is 168 Å². The van der Waals surface area contributed by atoms with Crippen molar-refractivity contribution in [2.24, 2.45) is 14.1 Å². The molecule has 144 valence electrons. The number of rotatable bonds is 3. The minimum Gasteiger partial charge on any atom is -0.298 e. The van der Waals surface area contributed by atoms with Crippen molar-refractivity contribution in [1.82, 2.24) is 28.5 Å². The van der Waals surface area contributed by atoms with Crippen molar-refractivity contribution >= 4 is 27.1 Å². The van der Waals surface area contributed by atoms with Gasteiger partial charge in [0, 0.05) is 19.8 Å². The molecule has 0 aliphatic rings. The molecule has 4 aromatic rings. The number of imidazole rings is 1. The molecule has 0 bridgehead atoms. The molecule has 0 spiro atoms. The van der Waals surface area contributed by atoms with E-state index >= 15 is 0 Å². The van der Waals surface area contributed by atoms with Crippen molar-refractivity contribution in [1.29, 1.82) is 0 Å². The second kappa shape index (κ2) is 6.59. The van der Waals surface area contributed by atoms with E-state index in [1.54, 1.807) is 11.7 Å². The first-order valence-corrected chi connectivity index (χ1v) is 9.51. The van der Waals surface area contributed by atoms with Gasteiger partial charge in [0.15, 0.2) is 11.2 Å². The van der Waals surface area contributed by atoms with Crippen LogP contribution in [0.25, 0.3) is 17.1 Å². The molecular formula is C19H19BrN6O2. The summed E-state index contributed by atoms with van der Waals surface area (Å²) in [4.78, 5) is 30.0. The average Bonchev–Trinajstić information content (AvgIpc) is 3.17. The monoisotopic (exact) mass is 442 g/mol. The molecule has 0 atom stereocenters. The second-order valence-corrected chi connectivity index (χ2v) is 7.70. The van der Waals surface area contributed by atoms with E-state index < -0.39 is 5.69 Å². The van der Waals surface area contributed by atoms with Gasteiger partial charge in [0.1, 0.15) is 4.60 Å². The van der Waals surface area contributed by atoms with Crippen LogP contribution in [0.5, 0.6) is 0 Å². The molecule has 0 aliphatic carbocycles. The molecule has 3 aromatic heterocycles. The Morgan fingerprint density at radius 1 is 1.07 bits per heavy atom. The topological polar surface area (TPSA) is 79.6 Å². The zero-order valence-corrected chi connectivity index (χ0v) is 17.6. The molecule has 0 amide bonds. The molecular weight excluding hydrogens is 424 g/mol. The molecule has 28 heavy (non-hydrogen) atoms. The van der Waals surface area contributed by atoms with Crippen LogP contribution in [0, 0.1) is 13.8 Å². The molecule has 0 aliphatic heterocycles. The number of fused-ring (bicyclic) bond motifs is 1. The van der Waals surface area contributed by atoms with Crippen LogP contribution in [-0.4, -0.2) is 28.5 Å². The fourth-order valence-electron chi connectivity index (χ4n) is 3.38. The van der Waals surface area contributed by atoms with Crippen molar-refractivity contribution in [3.63, 3.8) is 0 Å². The van der Waals surface area contributed by atoms with E-state index in [2.05, 4.69) is 32.1 Å². The van der Waals surface area contributed by atoms with Crippen LogP contribution in [0.15, 0.2) is 44.5 Å². The third-order valence-electron chi connectivity index (χ3n) is 4.80. The van der Waals surface area contributed by atoms with E-state index in [9.17, 15) is 9.59 Å². The smallest absolute Gasteiger partial charge is 0.298 e. The molecule has 0 radical (unpaired) electrons. The van der Waals surface area contributed by atoms with Gasteiger partial charge in [0.05, 0.1) is 6.54 Å². The number of benzene rings is 1. The van der Waals surface area contributed by atoms with E-state index in [1.807, 2.05) is 42.7 Å². The van der Waals surface area contributed by atoms with Crippen LogP contribution in [0.3, 0.4) is 0 Å². The predicted octanol–water partition coefficient (Wildman–Crippen LogP) is 2.05. The molecule has 8 nitrogen and oxygen atoms in total. The van der Waals surface area contributed by atoms with Gasteiger partial charge in [0.2, 0.25) is 5.95 Å². The standard InChI is InChI=1S/C19H19BrN6O2/c1-11-6-5-7-13(8-11)10-25-15-16(23(3)19(28)24(4)17(15)27)21-18(25)26-12(2)9-14(20)22-26/h5-9H,10H2,1-4H3. The zero-order valence-electron chi connectivity index (χ0n) is 16.0. The maximum absolute atomic E-state index is 13.0. The minimum atomic E-state index is -0.414. The van der Waals surface area contributed by atoms with Crippen molar-refractivity contribution in [2.75, 3.05) is 0 Å². The van der Waals surface area contributed by atoms with Crippen molar-refractivity contribution in [2.45, 2.75) is 20.4 Å². The molecule has 0 saturated heterocycles. The number of aryl methyl sites for hydroxylation is 3. The molecule has 0 unspecified atom stereocenters. The quantitative estimate of drug-likeness (QED) is 0.486. The molecule has 0 saturated carbocycles. The lowest BCUT2D eigenvalue weighted by Crippen LogP contribution is -2.37. The number of halogens is 1. The van der Waals surface area contributed by atoms with Crippen LogP contribution in [-0.2, 0) is 20.6 Å². The van der Waals surface area contributed by atoms with Crippen molar-refractivity contribution in [3.05, 3.63) is 72.6 Å². The van der Waals surface area contributed by atoms with Crippen LogP contribution >= 0.6 is 15.9 Å². The van der Waals surface area contributed by atoms with Crippen molar-refractivity contribution in [3.8, 4) is 5.95 Å². The summed E-state index contributed by atoms with van der Waals surface area (Å²) in [5.41, 5.74) is 2.92. The van der Waals surface area contributed by atoms with E-state index in [4.69, 9.17) is 0 Å². The van der Waals surface area contributed by atoms with Gasteiger partial charge >= 0.3 is 5.69 Å². The highest BCUT2D eigenvalue weighted by Crippen LogP contribution is 2.20. The van der Waals surface area contributed by atoms with Gasteiger partial charge in [-0.05, 0) is 41.4 Å². The first-order valence-electron chi connectivity index (χ1n) is 8.72. The first-order chi connectivity index (χ1) is 13.3. The largest absolute Gasteiger partial charge is 0.332 e. The van der Waals surface area contributed by atoms with Gasteiger partial charge < -0.3 is 0 Å². The van der Waals surface area contributed by atoms with Crippen molar-refractivity contribution < 1.29 is 0 Å². The van der Waals surface area contributed by atoms with Gasteiger partial charge in [-0.2, -0.15) is 10.1 Å². The maximum atomic E-state index is 13.0. The summed E-state index contributed by atoms with van der Waals surface area (Å²) in [5, 5.41) is 4.45. The summed E-state index contributed by atoms with van der Waals surface area (Å²) in [6.45, 7) is 4.36. The number of nitrogens with zero attached hydrogens (tertiary/aromatic N) is 6. The predicted molar refractivity (Wildman–Crippen MR) is 110 cm³/mol. The summed E-state index contributed by atoms with van der Waals surface area (Å²) < 4.78 is 6.65. The number of hydrogen-bond donors (Lipinski definition) is 0.